The van der Waals surface area contributed by atoms with Gasteiger partial charge in [-0.25, -0.2) is 9.59 Å². The van der Waals surface area contributed by atoms with Gasteiger partial charge in [-0.15, -0.1) is 0 Å². The van der Waals surface area contributed by atoms with Crippen molar-refractivity contribution in [2.24, 2.45) is 0 Å². The number of amides is 2. The zero-order valence-electron chi connectivity index (χ0n) is 11.0. The van der Waals surface area contributed by atoms with Crippen molar-refractivity contribution in [2.75, 3.05) is 13.7 Å². The third-order valence-electron chi connectivity index (χ3n) is 2.45. The molecule has 3 N–H and O–H groups in total. The fraction of sp³-hybridized carbons (Fsp3) is 0.385. The highest BCUT2D eigenvalue weighted by Gasteiger charge is 2.06. The van der Waals surface area contributed by atoms with Gasteiger partial charge in [0.2, 0.25) is 0 Å². The van der Waals surface area contributed by atoms with E-state index in [9.17, 15) is 9.59 Å². The average molecular weight is 266 g/mol. The number of ether oxygens (including phenoxy) is 1. The van der Waals surface area contributed by atoms with Crippen LogP contribution in [0.3, 0.4) is 0 Å². The fourth-order valence-electron chi connectivity index (χ4n) is 1.51. The number of carboxylic acids is 1. The molecule has 1 aromatic carbocycles. The van der Waals surface area contributed by atoms with E-state index in [0.717, 1.165) is 5.56 Å². The van der Waals surface area contributed by atoms with Gasteiger partial charge in [0.15, 0.2) is 0 Å². The van der Waals surface area contributed by atoms with E-state index >= 15 is 0 Å². The van der Waals surface area contributed by atoms with E-state index in [1.165, 1.54) is 12.1 Å². The largest absolute Gasteiger partial charge is 0.478 e. The van der Waals surface area contributed by atoms with E-state index in [2.05, 4.69) is 10.6 Å². The predicted octanol–water partition coefficient (Wildman–Crippen LogP) is 1.22. The molecule has 0 aliphatic carbocycles. The van der Waals surface area contributed by atoms with Crippen LogP contribution in [0.15, 0.2) is 24.3 Å². The molecule has 1 aromatic rings. The van der Waals surface area contributed by atoms with Gasteiger partial charge in [-0.1, -0.05) is 12.1 Å². The third kappa shape index (κ3) is 5.39. The van der Waals surface area contributed by atoms with E-state index in [1.807, 2.05) is 6.92 Å². The van der Waals surface area contributed by atoms with Crippen molar-refractivity contribution < 1.29 is 19.4 Å². The molecule has 0 saturated carbocycles. The molecule has 1 unspecified atom stereocenters. The highest BCUT2D eigenvalue weighted by molar-refractivity contribution is 5.87. The minimum absolute atomic E-state index is 0.0700. The number of methoxy groups -OCH3 is 1. The third-order valence-corrected chi connectivity index (χ3v) is 2.45. The van der Waals surface area contributed by atoms with Crippen molar-refractivity contribution in [1.82, 2.24) is 10.6 Å². The molecule has 104 valence electrons. The lowest BCUT2D eigenvalue weighted by atomic mass is 10.1. The van der Waals surface area contributed by atoms with E-state index in [-0.39, 0.29) is 17.6 Å². The smallest absolute Gasteiger partial charge is 0.335 e. The second kappa shape index (κ2) is 7.38. The summed E-state index contributed by atoms with van der Waals surface area (Å²) in [5.41, 5.74) is 1.06. The summed E-state index contributed by atoms with van der Waals surface area (Å²) >= 11 is 0. The van der Waals surface area contributed by atoms with Gasteiger partial charge in [0, 0.05) is 13.7 Å². The van der Waals surface area contributed by atoms with Crippen molar-refractivity contribution >= 4 is 12.0 Å². The number of carboxylic acid groups (broad SMARTS) is 1. The summed E-state index contributed by atoms with van der Waals surface area (Å²) < 4.78 is 4.90. The van der Waals surface area contributed by atoms with Crippen LogP contribution >= 0.6 is 0 Å². The number of benzene rings is 1. The molecule has 19 heavy (non-hydrogen) atoms. The van der Waals surface area contributed by atoms with Crippen molar-refractivity contribution in [1.29, 1.82) is 0 Å². The Morgan fingerprint density at radius 2 is 1.95 bits per heavy atom. The highest BCUT2D eigenvalue weighted by Crippen LogP contribution is 2.04. The molecule has 1 rings (SSSR count). The van der Waals surface area contributed by atoms with Gasteiger partial charge in [-0.05, 0) is 24.6 Å². The lowest BCUT2D eigenvalue weighted by Gasteiger charge is -2.13. The van der Waals surface area contributed by atoms with Crippen LogP contribution in [-0.4, -0.2) is 36.9 Å². The number of nitrogens with one attached hydrogen (secondary N) is 2. The Hall–Kier alpha value is -2.08. The van der Waals surface area contributed by atoms with Crippen molar-refractivity contribution in [3.63, 3.8) is 0 Å². The lowest BCUT2D eigenvalue weighted by molar-refractivity contribution is 0.0697. The molecule has 0 radical (unpaired) electrons. The number of aromatic carboxylic acids is 1. The Kier molecular flexibility index (Phi) is 5.81. The standard InChI is InChI=1S/C13H18N2O4/c1-9(8-19-2)15-13(18)14-7-10-3-5-11(6-4-10)12(16)17/h3-6,9H,7-8H2,1-2H3,(H,16,17)(H2,14,15,18). The normalized spacial score (nSPS) is 11.7. The van der Waals surface area contributed by atoms with Crippen molar-refractivity contribution in [2.45, 2.75) is 19.5 Å². The average Bonchev–Trinajstić information content (AvgIpc) is 2.37. The van der Waals surface area contributed by atoms with Gasteiger partial charge in [0.05, 0.1) is 18.2 Å². The molecule has 0 spiro atoms. The van der Waals surface area contributed by atoms with Crippen LogP contribution < -0.4 is 10.6 Å². The van der Waals surface area contributed by atoms with Gasteiger partial charge in [0.1, 0.15) is 0 Å². The van der Waals surface area contributed by atoms with Crippen molar-refractivity contribution in [3.05, 3.63) is 35.4 Å². The zero-order valence-corrected chi connectivity index (χ0v) is 11.0. The summed E-state index contributed by atoms with van der Waals surface area (Å²) in [5, 5.41) is 14.1. The Morgan fingerprint density at radius 1 is 1.32 bits per heavy atom. The first-order chi connectivity index (χ1) is 9.02. The second-order valence-electron chi connectivity index (χ2n) is 4.19. The van der Waals surface area contributed by atoms with E-state index in [1.54, 1.807) is 19.2 Å². The van der Waals surface area contributed by atoms with Crippen molar-refractivity contribution in [3.8, 4) is 0 Å². The number of carbonyl (C=O) groups is 2. The maximum absolute atomic E-state index is 11.5. The van der Waals surface area contributed by atoms with Gasteiger partial charge < -0.3 is 20.5 Å². The molecule has 0 aliphatic heterocycles. The SMILES string of the molecule is COCC(C)NC(=O)NCc1ccc(C(=O)O)cc1. The van der Waals surface area contributed by atoms with Crippen LogP contribution in [0.5, 0.6) is 0 Å². The van der Waals surface area contributed by atoms with Crippen LogP contribution in [0.2, 0.25) is 0 Å². The van der Waals surface area contributed by atoms with Crippen LogP contribution in [0.25, 0.3) is 0 Å². The minimum atomic E-state index is -0.967. The molecule has 6 heteroatoms. The van der Waals surface area contributed by atoms with Crippen LogP contribution in [0.1, 0.15) is 22.8 Å². The Bertz CT molecular complexity index is 431. The first-order valence-electron chi connectivity index (χ1n) is 5.88. The highest BCUT2D eigenvalue weighted by atomic mass is 16.5. The molecule has 0 aliphatic rings. The van der Waals surface area contributed by atoms with Crippen LogP contribution in [-0.2, 0) is 11.3 Å². The quantitative estimate of drug-likeness (QED) is 0.722. The Labute approximate surface area is 111 Å². The number of hydrogen-bond donors (Lipinski definition) is 3. The molecule has 2 amide bonds. The Balaban J connectivity index is 2.39. The molecule has 1 atom stereocenters. The molecular weight excluding hydrogens is 248 g/mol. The molecule has 6 nitrogen and oxygen atoms in total. The lowest BCUT2D eigenvalue weighted by Crippen LogP contribution is -2.42. The first-order valence-corrected chi connectivity index (χ1v) is 5.88. The van der Waals surface area contributed by atoms with E-state index < -0.39 is 5.97 Å². The number of carbonyl (C=O) groups excluding carboxylic acids is 1. The summed E-state index contributed by atoms with van der Waals surface area (Å²) in [6.45, 7) is 2.62. The maximum Gasteiger partial charge on any atom is 0.335 e. The number of rotatable bonds is 6. The van der Waals surface area contributed by atoms with Gasteiger partial charge in [0.25, 0.3) is 0 Å². The van der Waals surface area contributed by atoms with Gasteiger partial charge in [-0.2, -0.15) is 0 Å². The monoisotopic (exact) mass is 266 g/mol. The topological polar surface area (TPSA) is 87.7 Å². The summed E-state index contributed by atoms with van der Waals surface area (Å²) in [6, 6.07) is 5.99. The zero-order chi connectivity index (χ0) is 14.3. The predicted molar refractivity (Wildman–Crippen MR) is 70.1 cm³/mol. The van der Waals surface area contributed by atoms with Gasteiger partial charge in [-0.3, -0.25) is 0 Å². The summed E-state index contributed by atoms with van der Waals surface area (Å²) in [7, 11) is 1.57. The van der Waals surface area contributed by atoms with E-state index in [4.69, 9.17) is 9.84 Å². The maximum atomic E-state index is 11.5. The Morgan fingerprint density at radius 3 is 2.47 bits per heavy atom. The first kappa shape index (κ1) is 15.0. The molecule has 0 aromatic heterocycles. The molecule has 0 saturated heterocycles. The fourth-order valence-corrected chi connectivity index (χ4v) is 1.51. The minimum Gasteiger partial charge on any atom is -0.478 e. The molecule has 0 fully saturated rings. The summed E-state index contributed by atoms with van der Waals surface area (Å²) in [5.74, 6) is -0.967. The van der Waals surface area contributed by atoms with Gasteiger partial charge >= 0.3 is 12.0 Å². The van der Waals surface area contributed by atoms with Crippen LogP contribution in [0, 0.1) is 0 Å². The second-order valence-corrected chi connectivity index (χ2v) is 4.19. The summed E-state index contributed by atoms with van der Waals surface area (Å²) in [4.78, 5) is 22.2. The molecular formula is C13H18N2O4. The molecule has 0 bridgehead atoms. The molecule has 0 heterocycles. The number of urea groups is 1. The number of hydrogen-bond acceptors (Lipinski definition) is 3. The van der Waals surface area contributed by atoms with E-state index in [0.29, 0.717) is 13.2 Å². The van der Waals surface area contributed by atoms with Crippen LogP contribution in [0.4, 0.5) is 4.79 Å². The summed E-state index contributed by atoms with van der Waals surface area (Å²) in [6.07, 6.45) is 0.